The minimum atomic E-state index is -3.52. The lowest BCUT2D eigenvalue weighted by atomic mass is 10.1. The predicted octanol–water partition coefficient (Wildman–Crippen LogP) is 3.83. The van der Waals surface area contributed by atoms with E-state index in [-0.39, 0.29) is 11.4 Å². The highest BCUT2D eigenvalue weighted by Gasteiger charge is 2.14. The van der Waals surface area contributed by atoms with Crippen molar-refractivity contribution in [2.24, 2.45) is 0 Å². The molecule has 0 atom stereocenters. The van der Waals surface area contributed by atoms with Crippen LogP contribution in [0.4, 0.5) is 0 Å². The SMILES string of the molecule is Cc1ccc(Cc2cnc(CNS(=O)(=O)c3cccc(C)c3)s2)cc1. The van der Waals surface area contributed by atoms with E-state index in [0.717, 1.165) is 21.9 Å². The van der Waals surface area contributed by atoms with Crippen LogP contribution in [0.3, 0.4) is 0 Å². The van der Waals surface area contributed by atoms with Gasteiger partial charge in [-0.15, -0.1) is 11.3 Å². The maximum absolute atomic E-state index is 12.4. The molecule has 6 heteroatoms. The van der Waals surface area contributed by atoms with Gasteiger partial charge in [-0.3, -0.25) is 0 Å². The average Bonchev–Trinajstić information content (AvgIpc) is 3.03. The summed E-state index contributed by atoms with van der Waals surface area (Å²) in [6.45, 7) is 4.14. The number of nitrogens with zero attached hydrogens (tertiary/aromatic N) is 1. The first-order valence-electron chi connectivity index (χ1n) is 7.98. The van der Waals surface area contributed by atoms with Crippen molar-refractivity contribution in [1.29, 1.82) is 0 Å². The summed E-state index contributed by atoms with van der Waals surface area (Å²) < 4.78 is 27.3. The monoisotopic (exact) mass is 372 g/mol. The molecule has 1 heterocycles. The van der Waals surface area contributed by atoms with Gasteiger partial charge in [0.05, 0.1) is 11.4 Å². The van der Waals surface area contributed by atoms with Crippen LogP contribution in [0.25, 0.3) is 0 Å². The molecule has 0 unspecified atom stereocenters. The third-order valence-corrected chi connectivity index (χ3v) is 6.21. The summed E-state index contributed by atoms with van der Waals surface area (Å²) in [7, 11) is -3.52. The summed E-state index contributed by atoms with van der Waals surface area (Å²) >= 11 is 1.53. The molecule has 0 aliphatic carbocycles. The molecular formula is C19H20N2O2S2. The van der Waals surface area contributed by atoms with E-state index in [9.17, 15) is 8.42 Å². The van der Waals surface area contributed by atoms with E-state index < -0.39 is 10.0 Å². The molecule has 0 saturated heterocycles. The van der Waals surface area contributed by atoms with E-state index in [2.05, 4.69) is 40.9 Å². The van der Waals surface area contributed by atoms with Crippen molar-refractivity contribution in [3.05, 3.63) is 81.3 Å². The van der Waals surface area contributed by atoms with Crippen molar-refractivity contribution in [2.75, 3.05) is 0 Å². The van der Waals surface area contributed by atoms with Gasteiger partial charge in [0.1, 0.15) is 5.01 Å². The van der Waals surface area contributed by atoms with Crippen LogP contribution in [0.1, 0.15) is 26.6 Å². The van der Waals surface area contributed by atoms with Gasteiger partial charge in [-0.1, -0.05) is 42.0 Å². The topological polar surface area (TPSA) is 59.1 Å². The molecule has 2 aromatic carbocycles. The minimum Gasteiger partial charge on any atom is -0.248 e. The van der Waals surface area contributed by atoms with Crippen molar-refractivity contribution in [3.8, 4) is 0 Å². The molecule has 0 fully saturated rings. The highest BCUT2D eigenvalue weighted by molar-refractivity contribution is 7.89. The first-order chi connectivity index (χ1) is 11.9. The lowest BCUT2D eigenvalue weighted by Crippen LogP contribution is -2.23. The fourth-order valence-corrected chi connectivity index (χ4v) is 4.52. The second kappa shape index (κ2) is 7.47. The number of hydrogen-bond donors (Lipinski definition) is 1. The van der Waals surface area contributed by atoms with Crippen molar-refractivity contribution >= 4 is 21.4 Å². The Labute approximate surface area is 152 Å². The van der Waals surface area contributed by atoms with Crippen molar-refractivity contribution in [2.45, 2.75) is 31.7 Å². The second-order valence-electron chi connectivity index (χ2n) is 6.02. The summed E-state index contributed by atoms with van der Waals surface area (Å²) in [5.74, 6) is 0. The zero-order valence-corrected chi connectivity index (χ0v) is 15.8. The zero-order valence-electron chi connectivity index (χ0n) is 14.2. The Balaban J connectivity index is 1.64. The van der Waals surface area contributed by atoms with Gasteiger partial charge >= 0.3 is 0 Å². The van der Waals surface area contributed by atoms with Gasteiger partial charge in [0, 0.05) is 17.5 Å². The molecule has 3 rings (SSSR count). The molecule has 3 aromatic rings. The first-order valence-corrected chi connectivity index (χ1v) is 10.3. The maximum atomic E-state index is 12.4. The Hall–Kier alpha value is -2.02. The van der Waals surface area contributed by atoms with E-state index in [4.69, 9.17) is 0 Å². The first kappa shape index (κ1) is 17.8. The third-order valence-electron chi connectivity index (χ3n) is 3.81. The molecule has 0 aliphatic heterocycles. The van der Waals surface area contributed by atoms with Crippen LogP contribution < -0.4 is 4.72 Å². The molecule has 0 spiro atoms. The molecule has 4 nitrogen and oxygen atoms in total. The molecule has 0 radical (unpaired) electrons. The number of rotatable bonds is 6. The van der Waals surface area contributed by atoms with E-state index in [1.165, 1.54) is 22.5 Å². The lowest BCUT2D eigenvalue weighted by Gasteiger charge is -2.05. The van der Waals surface area contributed by atoms with Crippen LogP contribution in [0, 0.1) is 13.8 Å². The quantitative estimate of drug-likeness (QED) is 0.715. The van der Waals surface area contributed by atoms with Gasteiger partial charge in [0.25, 0.3) is 0 Å². The van der Waals surface area contributed by atoms with Crippen molar-refractivity contribution in [1.82, 2.24) is 9.71 Å². The van der Waals surface area contributed by atoms with E-state index in [1.54, 1.807) is 18.2 Å². The molecule has 0 aliphatic rings. The number of aryl methyl sites for hydroxylation is 2. The van der Waals surface area contributed by atoms with Gasteiger partial charge in [0.2, 0.25) is 10.0 Å². The van der Waals surface area contributed by atoms with Gasteiger partial charge in [-0.05, 0) is 37.1 Å². The standard InChI is InChI=1S/C19H20N2O2S2/c1-14-6-8-16(9-7-14)11-17-12-20-19(24-17)13-21-25(22,23)18-5-3-4-15(2)10-18/h3-10,12,21H,11,13H2,1-2H3. The molecular weight excluding hydrogens is 352 g/mol. The number of benzene rings is 2. The van der Waals surface area contributed by atoms with Crippen LogP contribution in [-0.4, -0.2) is 13.4 Å². The number of sulfonamides is 1. The normalized spacial score (nSPS) is 11.6. The van der Waals surface area contributed by atoms with Crippen LogP contribution in [0.5, 0.6) is 0 Å². The minimum absolute atomic E-state index is 0.203. The van der Waals surface area contributed by atoms with Crippen LogP contribution in [-0.2, 0) is 23.0 Å². The molecule has 25 heavy (non-hydrogen) atoms. The maximum Gasteiger partial charge on any atom is 0.240 e. The summed E-state index contributed by atoms with van der Waals surface area (Å²) in [4.78, 5) is 5.74. The Morgan fingerprint density at radius 3 is 2.52 bits per heavy atom. The number of hydrogen-bond acceptors (Lipinski definition) is 4. The fourth-order valence-electron chi connectivity index (χ4n) is 2.44. The van der Waals surface area contributed by atoms with Gasteiger partial charge < -0.3 is 0 Å². The van der Waals surface area contributed by atoms with Crippen LogP contribution in [0.15, 0.2) is 59.6 Å². The molecule has 0 amide bonds. The molecule has 0 saturated carbocycles. The van der Waals surface area contributed by atoms with E-state index >= 15 is 0 Å². The Morgan fingerprint density at radius 1 is 1.04 bits per heavy atom. The summed E-state index contributed by atoms with van der Waals surface area (Å²) in [6.07, 6.45) is 2.63. The fraction of sp³-hybridized carbons (Fsp3) is 0.211. The van der Waals surface area contributed by atoms with Gasteiger partial charge in [-0.25, -0.2) is 18.1 Å². The van der Waals surface area contributed by atoms with Crippen molar-refractivity contribution < 1.29 is 8.42 Å². The molecule has 1 aromatic heterocycles. The molecule has 1 N–H and O–H groups in total. The average molecular weight is 373 g/mol. The number of nitrogens with one attached hydrogen (secondary N) is 1. The lowest BCUT2D eigenvalue weighted by molar-refractivity contribution is 0.581. The summed E-state index contributed by atoms with van der Waals surface area (Å²) in [5, 5.41) is 0.762. The zero-order chi connectivity index (χ0) is 17.9. The van der Waals surface area contributed by atoms with Crippen molar-refractivity contribution in [3.63, 3.8) is 0 Å². The Bertz CT molecular complexity index is 961. The van der Waals surface area contributed by atoms with Gasteiger partial charge in [0.15, 0.2) is 0 Å². The third kappa shape index (κ3) is 4.75. The Kier molecular flexibility index (Phi) is 5.32. The highest BCUT2D eigenvalue weighted by Crippen LogP contribution is 2.18. The second-order valence-corrected chi connectivity index (χ2v) is 8.99. The largest absolute Gasteiger partial charge is 0.248 e. The predicted molar refractivity (Wildman–Crippen MR) is 101 cm³/mol. The van der Waals surface area contributed by atoms with Crippen LogP contribution >= 0.6 is 11.3 Å². The smallest absolute Gasteiger partial charge is 0.240 e. The number of thiazole rings is 1. The summed E-state index contributed by atoms with van der Waals surface area (Å²) in [5.41, 5.74) is 3.37. The van der Waals surface area contributed by atoms with E-state index in [1.807, 2.05) is 19.2 Å². The molecule has 130 valence electrons. The number of aromatic nitrogens is 1. The molecule has 0 bridgehead atoms. The Morgan fingerprint density at radius 2 is 1.80 bits per heavy atom. The van der Waals surface area contributed by atoms with Gasteiger partial charge in [-0.2, -0.15) is 0 Å². The highest BCUT2D eigenvalue weighted by atomic mass is 32.2. The summed E-state index contributed by atoms with van der Waals surface area (Å²) in [6, 6.07) is 15.3. The van der Waals surface area contributed by atoms with E-state index in [0.29, 0.717) is 0 Å². The van der Waals surface area contributed by atoms with Crippen LogP contribution in [0.2, 0.25) is 0 Å².